The van der Waals surface area contributed by atoms with Crippen LogP contribution in [0.1, 0.15) is 23.5 Å². The number of hydrogen-bond donors (Lipinski definition) is 0. The molecule has 1 saturated heterocycles. The number of likely N-dealkylation sites (tertiary alicyclic amines) is 1. The summed E-state index contributed by atoms with van der Waals surface area (Å²) in [5.41, 5.74) is 2.75. The highest BCUT2D eigenvalue weighted by Gasteiger charge is 2.31. The van der Waals surface area contributed by atoms with E-state index in [4.69, 9.17) is 16.3 Å². The van der Waals surface area contributed by atoms with Crippen molar-refractivity contribution in [3.05, 3.63) is 101 Å². The lowest BCUT2D eigenvalue weighted by Gasteiger charge is -2.39. The molecule has 0 amide bonds. The van der Waals surface area contributed by atoms with Crippen LogP contribution in [0, 0.1) is 0 Å². The third-order valence-corrected chi connectivity index (χ3v) is 5.77. The highest BCUT2D eigenvalue weighted by Crippen LogP contribution is 2.31. The number of piperidine rings is 1. The van der Waals surface area contributed by atoms with E-state index in [1.807, 2.05) is 24.3 Å². The molecule has 0 saturated carbocycles. The first-order valence-corrected chi connectivity index (χ1v) is 10.4. The van der Waals surface area contributed by atoms with Crippen molar-refractivity contribution >= 4 is 24.0 Å². The first-order valence-electron chi connectivity index (χ1n) is 10.0. The molecule has 0 radical (unpaired) electrons. The van der Waals surface area contributed by atoms with Crippen molar-refractivity contribution in [1.82, 2.24) is 4.90 Å². The quantitative estimate of drug-likeness (QED) is 0.461. The number of rotatable bonds is 6. The number of hydrogen-bond acceptors (Lipinski definition) is 2. The maximum Gasteiger partial charge on any atom is 0.119 e. The first kappa shape index (κ1) is 21.7. The first-order chi connectivity index (χ1) is 13.8. The van der Waals surface area contributed by atoms with E-state index in [1.165, 1.54) is 11.1 Å². The summed E-state index contributed by atoms with van der Waals surface area (Å²) in [6.45, 7) is 3.17. The fourth-order valence-electron chi connectivity index (χ4n) is 3.98. The van der Waals surface area contributed by atoms with E-state index in [-0.39, 0.29) is 18.5 Å². The van der Waals surface area contributed by atoms with Gasteiger partial charge < -0.3 is 9.64 Å². The Morgan fingerprint density at radius 3 is 2.21 bits per heavy atom. The molecule has 1 aliphatic heterocycles. The summed E-state index contributed by atoms with van der Waals surface area (Å²) in [5, 5.41) is 0.739. The molecule has 4 heteroatoms. The molecule has 0 aliphatic carbocycles. The molecule has 152 valence electrons. The van der Waals surface area contributed by atoms with Crippen LogP contribution in [-0.4, -0.2) is 30.6 Å². The van der Waals surface area contributed by atoms with Crippen LogP contribution in [0.15, 0.2) is 84.9 Å². The molecule has 0 aromatic heterocycles. The molecule has 2 atom stereocenters. The van der Waals surface area contributed by atoms with Gasteiger partial charge in [0.2, 0.25) is 0 Å². The van der Waals surface area contributed by atoms with Gasteiger partial charge in [-0.05, 0) is 48.2 Å². The minimum absolute atomic E-state index is 0. The predicted molar refractivity (Wildman–Crippen MR) is 124 cm³/mol. The van der Waals surface area contributed by atoms with Crippen LogP contribution in [0.2, 0.25) is 5.02 Å². The van der Waals surface area contributed by atoms with Crippen molar-refractivity contribution in [2.75, 3.05) is 19.6 Å². The van der Waals surface area contributed by atoms with Crippen LogP contribution < -0.4 is 4.74 Å². The molecule has 1 fully saturated rings. The Balaban J connectivity index is 0.00000240. The Morgan fingerprint density at radius 1 is 0.862 bits per heavy atom. The van der Waals surface area contributed by atoms with Gasteiger partial charge in [0.05, 0.1) is 0 Å². The third-order valence-electron chi connectivity index (χ3n) is 5.52. The van der Waals surface area contributed by atoms with Gasteiger partial charge in [-0.15, -0.1) is 12.4 Å². The predicted octanol–water partition coefficient (Wildman–Crippen LogP) is 6.24. The van der Waals surface area contributed by atoms with Crippen LogP contribution >= 0.6 is 24.0 Å². The summed E-state index contributed by atoms with van der Waals surface area (Å²) in [6.07, 6.45) is 2.29. The normalized spacial score (nSPS) is 19.3. The molecule has 2 unspecified atom stereocenters. The molecular weight excluding hydrogens is 401 g/mol. The number of halogens is 2. The van der Waals surface area contributed by atoms with Gasteiger partial charge in [0.15, 0.2) is 0 Å². The van der Waals surface area contributed by atoms with Crippen LogP contribution in [0.3, 0.4) is 0 Å². The van der Waals surface area contributed by atoms with Crippen molar-refractivity contribution in [3.63, 3.8) is 0 Å². The Bertz CT molecular complexity index is 855. The van der Waals surface area contributed by atoms with Crippen molar-refractivity contribution in [2.45, 2.75) is 24.9 Å². The van der Waals surface area contributed by atoms with E-state index in [0.29, 0.717) is 5.92 Å². The van der Waals surface area contributed by atoms with Crippen molar-refractivity contribution in [3.8, 4) is 5.75 Å². The van der Waals surface area contributed by atoms with Gasteiger partial charge in [0.1, 0.15) is 11.9 Å². The summed E-state index contributed by atoms with van der Waals surface area (Å²) in [5.74, 6) is 1.26. The minimum atomic E-state index is 0. The summed E-state index contributed by atoms with van der Waals surface area (Å²) in [4.78, 5) is 2.58. The average Bonchev–Trinajstić information content (AvgIpc) is 2.76. The van der Waals surface area contributed by atoms with Gasteiger partial charge in [-0.3, -0.25) is 0 Å². The smallest absolute Gasteiger partial charge is 0.119 e. The van der Waals surface area contributed by atoms with E-state index >= 15 is 0 Å². The van der Waals surface area contributed by atoms with Crippen LogP contribution in [-0.2, 0) is 6.42 Å². The zero-order chi connectivity index (χ0) is 19.2. The second kappa shape index (κ2) is 10.7. The molecule has 0 N–H and O–H groups in total. The minimum Gasteiger partial charge on any atom is -0.490 e. The molecule has 29 heavy (non-hydrogen) atoms. The van der Waals surface area contributed by atoms with E-state index < -0.39 is 0 Å². The van der Waals surface area contributed by atoms with Crippen LogP contribution in [0.25, 0.3) is 0 Å². The molecule has 2 nitrogen and oxygen atoms in total. The monoisotopic (exact) mass is 427 g/mol. The van der Waals surface area contributed by atoms with Gasteiger partial charge in [-0.1, -0.05) is 72.3 Å². The van der Waals surface area contributed by atoms with E-state index in [0.717, 1.165) is 43.2 Å². The fraction of sp³-hybridized carbons (Fsp3) is 0.280. The number of nitrogens with zero attached hydrogens (tertiary/aromatic N) is 1. The molecule has 0 bridgehead atoms. The Hall–Kier alpha value is -2.00. The van der Waals surface area contributed by atoms with E-state index in [2.05, 4.69) is 65.6 Å². The summed E-state index contributed by atoms with van der Waals surface area (Å²) < 4.78 is 6.40. The number of ether oxygens (including phenoxy) is 1. The van der Waals surface area contributed by atoms with E-state index in [1.54, 1.807) is 0 Å². The van der Waals surface area contributed by atoms with Crippen LogP contribution in [0.4, 0.5) is 0 Å². The Labute approximate surface area is 184 Å². The fourth-order valence-corrected chi connectivity index (χ4v) is 4.11. The molecule has 0 spiro atoms. The van der Waals surface area contributed by atoms with Gasteiger partial charge in [-0.2, -0.15) is 0 Å². The molecule has 4 rings (SSSR count). The lowest BCUT2D eigenvalue weighted by Crippen LogP contribution is -2.44. The van der Waals surface area contributed by atoms with Gasteiger partial charge in [-0.25, -0.2) is 0 Å². The van der Waals surface area contributed by atoms with Gasteiger partial charge >= 0.3 is 0 Å². The third kappa shape index (κ3) is 5.99. The zero-order valence-corrected chi connectivity index (χ0v) is 18.0. The van der Waals surface area contributed by atoms with Crippen LogP contribution in [0.5, 0.6) is 5.75 Å². The molecular formula is C25H27Cl2NO. The highest BCUT2D eigenvalue weighted by molar-refractivity contribution is 6.30. The SMILES string of the molecule is Cl.Clc1ccc(OC2CCN(CCc3ccccc3)CC2c2ccccc2)cc1. The Morgan fingerprint density at radius 2 is 1.52 bits per heavy atom. The van der Waals surface area contributed by atoms with Gasteiger partial charge in [0.25, 0.3) is 0 Å². The molecule has 1 aliphatic rings. The largest absolute Gasteiger partial charge is 0.490 e. The van der Waals surface area contributed by atoms with Crippen molar-refractivity contribution < 1.29 is 4.74 Å². The summed E-state index contributed by atoms with van der Waals surface area (Å²) in [7, 11) is 0. The average molecular weight is 428 g/mol. The maximum absolute atomic E-state index is 6.40. The summed E-state index contributed by atoms with van der Waals surface area (Å²) >= 11 is 6.02. The standard InChI is InChI=1S/C25H26ClNO.ClH/c26-22-11-13-23(14-12-22)28-25-16-18-27(17-15-20-7-3-1-4-8-20)19-24(25)21-9-5-2-6-10-21;/h1-14,24-25H,15-19H2;1H. The molecule has 3 aromatic rings. The zero-order valence-electron chi connectivity index (χ0n) is 16.4. The van der Waals surface area contributed by atoms with E-state index in [9.17, 15) is 0 Å². The lowest BCUT2D eigenvalue weighted by molar-refractivity contribution is 0.0783. The topological polar surface area (TPSA) is 12.5 Å². The summed E-state index contributed by atoms with van der Waals surface area (Å²) in [6, 6.07) is 29.2. The number of benzene rings is 3. The highest BCUT2D eigenvalue weighted by atomic mass is 35.5. The lowest BCUT2D eigenvalue weighted by atomic mass is 9.87. The van der Waals surface area contributed by atoms with Gasteiger partial charge in [0, 0.05) is 30.6 Å². The molecule has 1 heterocycles. The van der Waals surface area contributed by atoms with Crippen molar-refractivity contribution in [1.29, 1.82) is 0 Å². The molecule has 3 aromatic carbocycles. The second-order valence-electron chi connectivity index (χ2n) is 7.45. The Kier molecular flexibility index (Phi) is 8.00. The maximum atomic E-state index is 6.40. The van der Waals surface area contributed by atoms with Crippen molar-refractivity contribution in [2.24, 2.45) is 0 Å². The second-order valence-corrected chi connectivity index (χ2v) is 7.89.